The Hall–Kier alpha value is -3.40. The zero-order chi connectivity index (χ0) is 16.2. The number of nitrogens with zero attached hydrogens (tertiary/aromatic N) is 2. The molecule has 0 aliphatic rings. The van der Waals surface area contributed by atoms with Gasteiger partial charge in [0.05, 0.1) is 6.21 Å². The summed E-state index contributed by atoms with van der Waals surface area (Å²) < 4.78 is 5.55. The van der Waals surface area contributed by atoms with Gasteiger partial charge in [-0.25, -0.2) is 5.43 Å². The maximum atomic E-state index is 5.55. The van der Waals surface area contributed by atoms with Crippen molar-refractivity contribution in [3.63, 3.8) is 0 Å². The van der Waals surface area contributed by atoms with Gasteiger partial charge < -0.3 is 4.42 Å². The van der Waals surface area contributed by atoms with E-state index in [4.69, 9.17) is 4.42 Å². The number of para-hydroxylation sites is 2. The van der Waals surface area contributed by atoms with Crippen LogP contribution in [0.15, 0.2) is 88.4 Å². The van der Waals surface area contributed by atoms with Crippen molar-refractivity contribution in [3.8, 4) is 11.1 Å². The van der Waals surface area contributed by atoms with Crippen LogP contribution < -0.4 is 5.43 Å². The highest BCUT2D eigenvalue weighted by molar-refractivity contribution is 5.81. The first-order valence-corrected chi connectivity index (χ1v) is 7.69. The molecule has 24 heavy (non-hydrogen) atoms. The van der Waals surface area contributed by atoms with Gasteiger partial charge in [-0.15, -0.1) is 0 Å². The highest BCUT2D eigenvalue weighted by Crippen LogP contribution is 2.19. The molecule has 0 spiro atoms. The molecule has 0 saturated carbocycles. The number of benzene rings is 3. The molecule has 1 aromatic heterocycles. The van der Waals surface area contributed by atoms with Crippen molar-refractivity contribution in [1.29, 1.82) is 0 Å². The van der Waals surface area contributed by atoms with E-state index >= 15 is 0 Å². The van der Waals surface area contributed by atoms with Crippen LogP contribution in [0.1, 0.15) is 5.56 Å². The van der Waals surface area contributed by atoms with Crippen molar-refractivity contribution in [2.45, 2.75) is 0 Å². The Morgan fingerprint density at radius 2 is 1.50 bits per heavy atom. The Labute approximate surface area is 139 Å². The zero-order valence-electron chi connectivity index (χ0n) is 12.9. The van der Waals surface area contributed by atoms with Crippen LogP contribution in [0.3, 0.4) is 0 Å². The summed E-state index contributed by atoms with van der Waals surface area (Å²) in [4.78, 5) is 4.31. The van der Waals surface area contributed by atoms with E-state index in [0.29, 0.717) is 6.01 Å². The van der Waals surface area contributed by atoms with Gasteiger partial charge in [0, 0.05) is 0 Å². The van der Waals surface area contributed by atoms with E-state index in [-0.39, 0.29) is 0 Å². The lowest BCUT2D eigenvalue weighted by atomic mass is 10.0. The van der Waals surface area contributed by atoms with E-state index in [0.717, 1.165) is 16.7 Å². The van der Waals surface area contributed by atoms with Gasteiger partial charge in [-0.2, -0.15) is 10.1 Å². The largest absolute Gasteiger partial charge is 0.422 e. The first kappa shape index (κ1) is 14.2. The number of nitrogens with one attached hydrogen (secondary N) is 1. The molecule has 0 amide bonds. The lowest BCUT2D eigenvalue weighted by Gasteiger charge is -2.01. The highest BCUT2D eigenvalue weighted by Gasteiger charge is 2.02. The predicted molar refractivity (Wildman–Crippen MR) is 97.1 cm³/mol. The number of hydrazone groups is 1. The second-order valence-corrected chi connectivity index (χ2v) is 5.34. The predicted octanol–water partition coefficient (Wildman–Crippen LogP) is 4.94. The number of rotatable bonds is 4. The molecular formula is C20H15N3O. The van der Waals surface area contributed by atoms with Gasteiger partial charge in [-0.3, -0.25) is 0 Å². The van der Waals surface area contributed by atoms with Crippen LogP contribution in [0.5, 0.6) is 0 Å². The molecule has 4 nitrogen and oxygen atoms in total. The molecule has 3 aromatic carbocycles. The summed E-state index contributed by atoms with van der Waals surface area (Å²) in [7, 11) is 0. The molecule has 0 saturated heterocycles. The van der Waals surface area contributed by atoms with Crippen molar-refractivity contribution in [1.82, 2.24) is 4.98 Å². The van der Waals surface area contributed by atoms with Crippen molar-refractivity contribution in [2.75, 3.05) is 5.43 Å². The first-order valence-electron chi connectivity index (χ1n) is 7.69. The molecule has 0 bridgehead atoms. The number of oxazole rings is 1. The van der Waals surface area contributed by atoms with Crippen LogP contribution in [0.2, 0.25) is 0 Å². The smallest absolute Gasteiger partial charge is 0.316 e. The minimum Gasteiger partial charge on any atom is -0.422 e. The lowest BCUT2D eigenvalue weighted by molar-refractivity contribution is 0.617. The zero-order valence-corrected chi connectivity index (χ0v) is 12.9. The normalized spacial score (nSPS) is 11.2. The number of aromatic nitrogens is 1. The fraction of sp³-hybridized carbons (Fsp3) is 0. The van der Waals surface area contributed by atoms with Gasteiger partial charge in [-0.1, -0.05) is 66.7 Å². The van der Waals surface area contributed by atoms with Crippen LogP contribution >= 0.6 is 0 Å². The number of hydrogen-bond donors (Lipinski definition) is 1. The Kier molecular flexibility index (Phi) is 3.78. The fourth-order valence-corrected chi connectivity index (χ4v) is 2.47. The number of anilines is 1. The Balaban J connectivity index is 1.46. The molecule has 0 aliphatic carbocycles. The van der Waals surface area contributed by atoms with Gasteiger partial charge in [0.1, 0.15) is 5.52 Å². The summed E-state index contributed by atoms with van der Waals surface area (Å²) in [6.45, 7) is 0. The maximum absolute atomic E-state index is 5.55. The SMILES string of the molecule is C(=NNc1nc2ccccc2o1)c1ccc(-c2ccccc2)cc1. The van der Waals surface area contributed by atoms with Crippen molar-refractivity contribution in [2.24, 2.45) is 5.10 Å². The van der Waals surface area contributed by atoms with Gasteiger partial charge in [-0.05, 0) is 28.8 Å². The number of fused-ring (bicyclic) bond motifs is 1. The van der Waals surface area contributed by atoms with Gasteiger partial charge >= 0.3 is 6.01 Å². The van der Waals surface area contributed by atoms with E-state index in [2.05, 4.69) is 39.8 Å². The average Bonchev–Trinajstić information content (AvgIpc) is 3.06. The van der Waals surface area contributed by atoms with Crippen molar-refractivity contribution >= 4 is 23.3 Å². The minimum atomic E-state index is 0.383. The molecule has 0 radical (unpaired) electrons. The fourth-order valence-electron chi connectivity index (χ4n) is 2.47. The van der Waals surface area contributed by atoms with E-state index < -0.39 is 0 Å². The Morgan fingerprint density at radius 1 is 0.792 bits per heavy atom. The summed E-state index contributed by atoms with van der Waals surface area (Å²) in [6, 6.07) is 26.5. The Bertz CT molecular complexity index is 940. The maximum Gasteiger partial charge on any atom is 0.316 e. The third-order valence-electron chi connectivity index (χ3n) is 3.69. The van der Waals surface area contributed by atoms with Crippen LogP contribution in [0.4, 0.5) is 6.01 Å². The molecule has 0 fully saturated rings. The van der Waals surface area contributed by atoms with Crippen LogP contribution in [-0.2, 0) is 0 Å². The lowest BCUT2D eigenvalue weighted by Crippen LogP contribution is -1.90. The molecule has 1 heterocycles. The monoisotopic (exact) mass is 313 g/mol. The van der Waals surface area contributed by atoms with E-state index in [1.165, 1.54) is 11.1 Å². The molecule has 1 N–H and O–H groups in total. The first-order chi connectivity index (χ1) is 11.9. The van der Waals surface area contributed by atoms with Crippen molar-refractivity contribution in [3.05, 3.63) is 84.4 Å². The van der Waals surface area contributed by atoms with Gasteiger partial charge in [0.2, 0.25) is 0 Å². The van der Waals surface area contributed by atoms with Crippen LogP contribution in [0, 0.1) is 0 Å². The highest BCUT2D eigenvalue weighted by atomic mass is 16.4. The summed E-state index contributed by atoms with van der Waals surface area (Å²) in [5.74, 6) is 0. The second kappa shape index (κ2) is 6.38. The van der Waals surface area contributed by atoms with E-state index in [9.17, 15) is 0 Å². The topological polar surface area (TPSA) is 50.4 Å². The van der Waals surface area contributed by atoms with Crippen LogP contribution in [0.25, 0.3) is 22.2 Å². The minimum absolute atomic E-state index is 0.383. The van der Waals surface area contributed by atoms with E-state index in [1.54, 1.807) is 6.21 Å². The average molecular weight is 313 g/mol. The van der Waals surface area contributed by atoms with Gasteiger partial charge in [0.15, 0.2) is 5.58 Å². The Morgan fingerprint density at radius 3 is 2.29 bits per heavy atom. The van der Waals surface area contributed by atoms with Crippen molar-refractivity contribution < 1.29 is 4.42 Å². The number of hydrogen-bond acceptors (Lipinski definition) is 4. The molecule has 0 atom stereocenters. The molecule has 4 aromatic rings. The standard InChI is InChI=1S/C20H15N3O/c1-2-6-16(7-3-1)17-12-10-15(11-13-17)14-21-23-20-22-18-8-4-5-9-19(18)24-20/h1-14H,(H,22,23). The third-order valence-corrected chi connectivity index (χ3v) is 3.69. The molecule has 4 rings (SSSR count). The summed E-state index contributed by atoms with van der Waals surface area (Å²) in [5, 5.41) is 4.18. The summed E-state index contributed by atoms with van der Waals surface area (Å²) in [5.41, 5.74) is 7.74. The molecule has 0 aliphatic heterocycles. The van der Waals surface area contributed by atoms with E-state index in [1.807, 2.05) is 54.6 Å². The molecule has 116 valence electrons. The molecular weight excluding hydrogens is 298 g/mol. The summed E-state index contributed by atoms with van der Waals surface area (Å²) >= 11 is 0. The third kappa shape index (κ3) is 3.03. The van der Waals surface area contributed by atoms with Gasteiger partial charge in [0.25, 0.3) is 0 Å². The summed E-state index contributed by atoms with van der Waals surface area (Å²) in [6.07, 6.45) is 1.74. The second-order valence-electron chi connectivity index (χ2n) is 5.34. The van der Waals surface area contributed by atoms with Crippen LogP contribution in [-0.4, -0.2) is 11.2 Å². The molecule has 4 heteroatoms. The quantitative estimate of drug-likeness (QED) is 0.429. The molecule has 0 unspecified atom stereocenters.